The third-order valence-corrected chi connectivity index (χ3v) is 6.64. The van der Waals surface area contributed by atoms with E-state index in [2.05, 4.69) is 24.9 Å². The lowest BCUT2D eigenvalue weighted by Crippen LogP contribution is -2.45. The quantitative estimate of drug-likeness (QED) is 0.832. The zero-order valence-corrected chi connectivity index (χ0v) is 14.7. The first-order valence-corrected chi connectivity index (χ1v) is 9.51. The van der Waals surface area contributed by atoms with Gasteiger partial charge in [-0.1, -0.05) is 6.08 Å². The Morgan fingerprint density at radius 3 is 3.00 bits per heavy atom. The van der Waals surface area contributed by atoms with Gasteiger partial charge >= 0.3 is 0 Å². The number of carbonyl (C=O) groups is 1. The van der Waals surface area contributed by atoms with E-state index in [1.807, 2.05) is 4.90 Å². The van der Waals surface area contributed by atoms with Crippen LogP contribution in [0, 0.1) is 19.8 Å². The van der Waals surface area contributed by atoms with Crippen LogP contribution in [0.1, 0.15) is 53.8 Å². The first-order chi connectivity index (χ1) is 11.1. The molecule has 1 aromatic rings. The summed E-state index contributed by atoms with van der Waals surface area (Å²) in [5, 5.41) is 1.12. The fourth-order valence-corrected chi connectivity index (χ4v) is 4.95. The second-order valence-electron chi connectivity index (χ2n) is 7.01. The van der Waals surface area contributed by atoms with Gasteiger partial charge in [0.25, 0.3) is 0 Å². The van der Waals surface area contributed by atoms with Crippen molar-refractivity contribution in [1.82, 2.24) is 9.88 Å². The van der Waals surface area contributed by atoms with E-state index in [1.165, 1.54) is 4.88 Å². The van der Waals surface area contributed by atoms with Crippen LogP contribution < -0.4 is 0 Å². The molecule has 0 spiro atoms. The number of carbonyl (C=O) groups excluding carboxylic acids is 1. The largest absolute Gasteiger partial charge is 0.366 e. The van der Waals surface area contributed by atoms with Crippen LogP contribution in [-0.4, -0.2) is 35.0 Å². The molecule has 3 heterocycles. The molecular weight excluding hydrogens is 308 g/mol. The maximum atomic E-state index is 12.6. The summed E-state index contributed by atoms with van der Waals surface area (Å²) < 4.78 is 6.30. The molecule has 4 nitrogen and oxygen atoms in total. The minimum atomic E-state index is 0.128. The number of aromatic nitrogens is 1. The summed E-state index contributed by atoms with van der Waals surface area (Å²) in [6, 6.07) is 0. The Labute approximate surface area is 141 Å². The lowest BCUT2D eigenvalue weighted by molar-refractivity contribution is -0.131. The van der Waals surface area contributed by atoms with Crippen molar-refractivity contribution in [2.24, 2.45) is 5.92 Å². The number of hydrogen-bond acceptors (Lipinski definition) is 4. The fraction of sp³-hybridized carbons (Fsp3) is 0.667. The fourth-order valence-electron chi connectivity index (χ4n) is 3.98. The van der Waals surface area contributed by atoms with E-state index in [9.17, 15) is 4.79 Å². The molecule has 0 saturated carbocycles. The first-order valence-electron chi connectivity index (χ1n) is 8.69. The van der Waals surface area contributed by atoms with Crippen LogP contribution in [0.4, 0.5) is 0 Å². The van der Waals surface area contributed by atoms with Gasteiger partial charge in [-0.25, -0.2) is 4.98 Å². The number of likely N-dealkylation sites (tertiary alicyclic amines) is 1. The van der Waals surface area contributed by atoms with Gasteiger partial charge in [-0.15, -0.1) is 11.3 Å². The normalized spacial score (nSPS) is 30.4. The third kappa shape index (κ3) is 2.85. The Kier molecular flexibility index (Phi) is 4.01. The van der Waals surface area contributed by atoms with Crippen LogP contribution in [0.3, 0.4) is 0 Å². The Balaban J connectivity index is 1.43. The number of ether oxygens (including phenoxy) is 1. The van der Waals surface area contributed by atoms with Crippen molar-refractivity contribution in [2.75, 3.05) is 13.1 Å². The van der Waals surface area contributed by atoms with E-state index in [4.69, 9.17) is 4.74 Å². The molecule has 2 saturated heterocycles. The molecule has 0 aromatic carbocycles. The highest BCUT2D eigenvalue weighted by Gasteiger charge is 2.42. The van der Waals surface area contributed by atoms with Gasteiger partial charge in [0.05, 0.1) is 11.8 Å². The van der Waals surface area contributed by atoms with Crippen molar-refractivity contribution in [3.05, 3.63) is 27.2 Å². The van der Waals surface area contributed by atoms with Crippen LogP contribution in [0.2, 0.25) is 0 Å². The van der Waals surface area contributed by atoms with E-state index in [1.54, 1.807) is 11.3 Å². The molecule has 0 bridgehead atoms. The smallest absolute Gasteiger partial charge is 0.249 e. The highest BCUT2D eigenvalue weighted by Crippen LogP contribution is 2.42. The molecule has 0 unspecified atom stereocenters. The van der Waals surface area contributed by atoms with Gasteiger partial charge in [0.1, 0.15) is 11.1 Å². The Bertz CT molecular complexity index is 632. The number of rotatable bonds is 2. The van der Waals surface area contributed by atoms with Gasteiger partial charge in [0, 0.05) is 23.5 Å². The summed E-state index contributed by atoms with van der Waals surface area (Å²) in [6.45, 7) is 5.81. The molecule has 5 heteroatoms. The van der Waals surface area contributed by atoms with E-state index < -0.39 is 0 Å². The average molecular weight is 332 g/mol. The van der Waals surface area contributed by atoms with Crippen LogP contribution in [0.25, 0.3) is 0 Å². The van der Waals surface area contributed by atoms with E-state index in [-0.39, 0.29) is 18.1 Å². The van der Waals surface area contributed by atoms with Crippen LogP contribution >= 0.6 is 11.3 Å². The highest BCUT2D eigenvalue weighted by molar-refractivity contribution is 7.11. The third-order valence-electron chi connectivity index (χ3n) is 5.48. The molecule has 2 fully saturated rings. The molecule has 3 aliphatic rings. The number of aryl methyl sites for hydroxylation is 2. The zero-order valence-electron chi connectivity index (χ0n) is 13.9. The number of piperidine rings is 1. The van der Waals surface area contributed by atoms with Crippen molar-refractivity contribution in [3.8, 4) is 0 Å². The molecule has 3 atom stereocenters. The lowest BCUT2D eigenvalue weighted by Gasteiger charge is -2.34. The summed E-state index contributed by atoms with van der Waals surface area (Å²) in [6.07, 6.45) is 7.68. The van der Waals surface area contributed by atoms with Gasteiger partial charge < -0.3 is 9.64 Å². The molecule has 0 radical (unpaired) electrons. The van der Waals surface area contributed by atoms with Crippen molar-refractivity contribution >= 4 is 17.2 Å². The van der Waals surface area contributed by atoms with Gasteiger partial charge in [-0.2, -0.15) is 0 Å². The lowest BCUT2D eigenvalue weighted by atomic mass is 9.91. The monoisotopic (exact) mass is 332 g/mol. The van der Waals surface area contributed by atoms with Crippen molar-refractivity contribution in [3.63, 3.8) is 0 Å². The number of hydrogen-bond donors (Lipinski definition) is 0. The number of fused-ring (bicyclic) bond motifs is 1. The van der Waals surface area contributed by atoms with Gasteiger partial charge in [-0.05, 0) is 51.9 Å². The maximum Gasteiger partial charge on any atom is 0.249 e. The molecule has 23 heavy (non-hydrogen) atoms. The second-order valence-corrected chi connectivity index (χ2v) is 8.25. The molecule has 124 valence electrons. The van der Waals surface area contributed by atoms with Crippen molar-refractivity contribution in [2.45, 2.75) is 58.2 Å². The van der Waals surface area contributed by atoms with Gasteiger partial charge in [0.2, 0.25) is 5.91 Å². The first kappa shape index (κ1) is 15.3. The van der Waals surface area contributed by atoms with Crippen LogP contribution in [0.5, 0.6) is 0 Å². The average Bonchev–Trinajstić information content (AvgIpc) is 3.26. The molecule has 2 aliphatic heterocycles. The second kappa shape index (κ2) is 6.02. The Morgan fingerprint density at radius 1 is 1.43 bits per heavy atom. The van der Waals surface area contributed by atoms with Crippen LogP contribution in [0.15, 0.2) is 11.6 Å². The summed E-state index contributed by atoms with van der Waals surface area (Å²) >= 11 is 1.76. The Hall–Kier alpha value is -1.20. The molecule has 1 aromatic heterocycles. The molecule has 0 N–H and O–H groups in total. The maximum absolute atomic E-state index is 12.6. The SMILES string of the molecule is Cc1nc([C@@H]2C[C@@H]3CCN(C(=O)C4=CCCC4)C[C@H]3O2)sc1C. The van der Waals surface area contributed by atoms with E-state index >= 15 is 0 Å². The highest BCUT2D eigenvalue weighted by atomic mass is 32.1. The van der Waals surface area contributed by atoms with E-state index in [0.717, 1.165) is 61.5 Å². The Morgan fingerprint density at radius 2 is 2.30 bits per heavy atom. The predicted molar refractivity (Wildman–Crippen MR) is 90.4 cm³/mol. The standard InChI is InChI=1S/C18H24N2O2S/c1-11-12(2)23-17(19-11)15-9-14-7-8-20(10-16(14)22-15)18(21)13-5-3-4-6-13/h5,14-16H,3-4,6-10H2,1-2H3/t14-,15-,16+/m0/s1. The zero-order chi connectivity index (χ0) is 16.0. The molecule has 1 aliphatic carbocycles. The van der Waals surface area contributed by atoms with Gasteiger partial charge in [-0.3, -0.25) is 4.79 Å². The minimum absolute atomic E-state index is 0.128. The topological polar surface area (TPSA) is 42.4 Å². The predicted octanol–water partition coefficient (Wildman–Crippen LogP) is 3.55. The van der Waals surface area contributed by atoms with E-state index in [0.29, 0.717) is 5.92 Å². The number of amides is 1. The minimum Gasteiger partial charge on any atom is -0.366 e. The summed E-state index contributed by atoms with van der Waals surface area (Å²) in [5.41, 5.74) is 2.14. The molecule has 4 rings (SSSR count). The van der Waals surface area contributed by atoms with Crippen molar-refractivity contribution in [1.29, 1.82) is 0 Å². The van der Waals surface area contributed by atoms with Gasteiger partial charge in [0.15, 0.2) is 0 Å². The molecular formula is C18H24N2O2S. The number of nitrogens with zero attached hydrogens (tertiary/aromatic N) is 2. The molecule has 1 amide bonds. The number of allylic oxidation sites excluding steroid dienone is 1. The summed E-state index contributed by atoms with van der Waals surface area (Å²) in [5.74, 6) is 0.819. The van der Waals surface area contributed by atoms with Crippen LogP contribution in [-0.2, 0) is 9.53 Å². The summed E-state index contributed by atoms with van der Waals surface area (Å²) in [4.78, 5) is 20.5. The number of thiazole rings is 1. The van der Waals surface area contributed by atoms with Crippen molar-refractivity contribution < 1.29 is 9.53 Å². The summed E-state index contributed by atoms with van der Waals surface area (Å²) in [7, 11) is 0.